The fraction of sp³-hybridized carbons (Fsp3) is 0.618. The van der Waals surface area contributed by atoms with E-state index in [0.29, 0.717) is 38.6 Å². The Balaban J connectivity index is 0.00000216. The number of likely N-dealkylation sites (tertiary alicyclic amines) is 1. The molecule has 10 heteroatoms. The third-order valence-electron chi connectivity index (χ3n) is 7.41. The Kier molecular flexibility index (Phi) is 14.6. The summed E-state index contributed by atoms with van der Waals surface area (Å²) < 4.78 is 5.44. The minimum absolute atomic E-state index is 0.139. The van der Waals surface area contributed by atoms with Crippen LogP contribution in [0.3, 0.4) is 0 Å². The van der Waals surface area contributed by atoms with Crippen LogP contribution in [0, 0.1) is 11.3 Å². The monoisotopic (exact) mass is 612 g/mol. The molecule has 1 aliphatic heterocycles. The molecular weight excluding hydrogens is 560 g/mol. The van der Waals surface area contributed by atoms with Gasteiger partial charge in [-0.1, -0.05) is 84.7 Å². The second-order valence-corrected chi connectivity index (χ2v) is 12.8. The molecule has 1 fully saturated rings. The summed E-state index contributed by atoms with van der Waals surface area (Å²) in [5.41, 5.74) is 2.02. The maximum atomic E-state index is 14.0. The average molecular weight is 613 g/mol. The van der Waals surface area contributed by atoms with Crippen LogP contribution in [0.15, 0.2) is 36.9 Å². The quantitative estimate of drug-likeness (QED) is 0.240. The molecule has 2 aliphatic rings. The minimum Gasteiger partial charge on any atom is -0.449 e. The van der Waals surface area contributed by atoms with Crippen molar-refractivity contribution in [1.29, 1.82) is 0 Å². The highest BCUT2D eigenvalue weighted by Crippen LogP contribution is 2.31. The predicted molar refractivity (Wildman–Crippen MR) is 171 cm³/mol. The summed E-state index contributed by atoms with van der Waals surface area (Å²) in [6, 6.07) is 5.25. The highest BCUT2D eigenvalue weighted by atomic mass is 16.5. The summed E-state index contributed by atoms with van der Waals surface area (Å²) in [5.74, 6) is -2.56. The van der Waals surface area contributed by atoms with E-state index < -0.39 is 41.8 Å². The van der Waals surface area contributed by atoms with Gasteiger partial charge >= 0.3 is 6.09 Å². The Labute approximate surface area is 262 Å². The van der Waals surface area contributed by atoms with Gasteiger partial charge in [-0.2, -0.15) is 0 Å². The van der Waals surface area contributed by atoms with Crippen molar-refractivity contribution in [3.8, 4) is 0 Å². The Morgan fingerprint density at radius 1 is 1.05 bits per heavy atom. The lowest BCUT2D eigenvalue weighted by Crippen LogP contribution is -2.58. The van der Waals surface area contributed by atoms with Crippen LogP contribution >= 0.6 is 0 Å². The molecule has 3 atom stereocenters. The number of nitrogens with one attached hydrogen (secondary N) is 3. The van der Waals surface area contributed by atoms with E-state index in [1.54, 1.807) is 0 Å². The standard InChI is InChI=1S/C31H44N4O6.C3H8/c1-6-11-23(26(36)28(38)32-15-7-2)33-27(37)24-14-10-16-35(24)29(39)25(34-30(40)41-19-31(3,4)5)22-17-20-12-8-9-13-21(20)18-22;1-3-2/h7-9,12-13,22-25H,2,6,10-11,14-19H2,1,3-5H3,(H,32,38)(H,33,37)(H,34,40);3H2,1-2H3/t23?,24-,25-;/m0./s1. The van der Waals surface area contributed by atoms with Crippen molar-refractivity contribution in [3.05, 3.63) is 48.0 Å². The molecule has 0 radical (unpaired) electrons. The third-order valence-corrected chi connectivity index (χ3v) is 7.41. The molecule has 0 spiro atoms. The third kappa shape index (κ3) is 10.8. The van der Waals surface area contributed by atoms with E-state index in [2.05, 4.69) is 36.4 Å². The van der Waals surface area contributed by atoms with Gasteiger partial charge in [-0.25, -0.2) is 4.79 Å². The number of amides is 4. The Morgan fingerprint density at radius 3 is 2.20 bits per heavy atom. The van der Waals surface area contributed by atoms with Crippen LogP contribution in [0.1, 0.15) is 84.8 Å². The molecule has 1 heterocycles. The van der Waals surface area contributed by atoms with Gasteiger partial charge in [0.05, 0.1) is 12.6 Å². The van der Waals surface area contributed by atoms with Gasteiger partial charge in [-0.3, -0.25) is 19.2 Å². The number of carbonyl (C=O) groups is 5. The van der Waals surface area contributed by atoms with Crippen molar-refractivity contribution in [2.75, 3.05) is 19.7 Å². The van der Waals surface area contributed by atoms with E-state index in [9.17, 15) is 24.0 Å². The first-order chi connectivity index (χ1) is 20.9. The van der Waals surface area contributed by atoms with Crippen molar-refractivity contribution in [2.24, 2.45) is 11.3 Å². The van der Waals surface area contributed by atoms with E-state index in [1.807, 2.05) is 52.0 Å². The van der Waals surface area contributed by atoms with E-state index in [-0.39, 0.29) is 36.8 Å². The fourth-order valence-electron chi connectivity index (χ4n) is 5.38. The normalized spacial score (nSPS) is 17.3. The van der Waals surface area contributed by atoms with Gasteiger partial charge in [0.15, 0.2) is 0 Å². The number of ether oxygens (including phenoxy) is 1. The molecule has 3 N–H and O–H groups in total. The highest BCUT2D eigenvalue weighted by molar-refractivity contribution is 6.38. The second-order valence-electron chi connectivity index (χ2n) is 12.8. The second kappa shape index (κ2) is 17.6. The van der Waals surface area contributed by atoms with Crippen molar-refractivity contribution < 1.29 is 28.7 Å². The summed E-state index contributed by atoms with van der Waals surface area (Å²) in [7, 11) is 0. The van der Waals surface area contributed by atoms with Crippen LogP contribution in [0.25, 0.3) is 0 Å². The lowest BCUT2D eigenvalue weighted by atomic mass is 9.95. The van der Waals surface area contributed by atoms with E-state index in [4.69, 9.17) is 4.74 Å². The largest absolute Gasteiger partial charge is 0.449 e. The van der Waals surface area contributed by atoms with Crippen molar-refractivity contribution in [2.45, 2.75) is 105 Å². The van der Waals surface area contributed by atoms with Gasteiger partial charge in [0, 0.05) is 13.1 Å². The van der Waals surface area contributed by atoms with Gasteiger partial charge in [0.1, 0.15) is 12.1 Å². The zero-order valence-electron chi connectivity index (χ0n) is 27.4. The van der Waals surface area contributed by atoms with Crippen LogP contribution in [-0.4, -0.2) is 72.3 Å². The number of hydrogen-bond donors (Lipinski definition) is 3. The van der Waals surface area contributed by atoms with Crippen LogP contribution in [-0.2, 0) is 36.8 Å². The lowest BCUT2D eigenvalue weighted by molar-refractivity contribution is -0.143. The molecule has 1 aromatic carbocycles. The minimum atomic E-state index is -1.000. The first kappa shape index (κ1) is 36.5. The van der Waals surface area contributed by atoms with Crippen molar-refractivity contribution in [1.82, 2.24) is 20.9 Å². The van der Waals surface area contributed by atoms with Crippen molar-refractivity contribution >= 4 is 29.6 Å². The molecule has 44 heavy (non-hydrogen) atoms. The molecule has 10 nitrogen and oxygen atoms in total. The number of ketones is 1. The number of nitrogens with zero attached hydrogens (tertiary/aromatic N) is 1. The summed E-state index contributed by atoms with van der Waals surface area (Å²) in [4.78, 5) is 66.8. The van der Waals surface area contributed by atoms with E-state index in [1.165, 1.54) is 17.4 Å². The molecule has 0 bridgehead atoms. The SMILES string of the molecule is C=CCNC(=O)C(=O)C(CCC)NC(=O)[C@@H]1CCCN1C(=O)[C@@H](NC(=O)OCC(C)(C)C)C1Cc2ccccc2C1.CCC. The first-order valence-corrected chi connectivity index (χ1v) is 15.9. The maximum Gasteiger partial charge on any atom is 0.407 e. The first-order valence-electron chi connectivity index (χ1n) is 15.9. The van der Waals surface area contributed by atoms with E-state index in [0.717, 1.165) is 11.1 Å². The molecule has 1 aromatic rings. The number of hydrogen-bond acceptors (Lipinski definition) is 6. The smallest absolute Gasteiger partial charge is 0.407 e. The molecule has 1 saturated heterocycles. The van der Waals surface area contributed by atoms with Crippen LogP contribution in [0.2, 0.25) is 0 Å². The number of benzene rings is 1. The van der Waals surface area contributed by atoms with E-state index >= 15 is 0 Å². The fourth-order valence-corrected chi connectivity index (χ4v) is 5.38. The Hall–Kier alpha value is -3.69. The number of fused-ring (bicyclic) bond motifs is 1. The van der Waals surface area contributed by atoms with Gasteiger partial charge in [0.2, 0.25) is 17.6 Å². The van der Waals surface area contributed by atoms with Crippen molar-refractivity contribution in [3.63, 3.8) is 0 Å². The topological polar surface area (TPSA) is 134 Å². The van der Waals surface area contributed by atoms with Gasteiger partial charge in [0.25, 0.3) is 5.91 Å². The summed E-state index contributed by atoms with van der Waals surface area (Å²) in [5, 5.41) is 8.00. The Bertz CT molecular complexity index is 1140. The summed E-state index contributed by atoms with van der Waals surface area (Å²) >= 11 is 0. The Morgan fingerprint density at radius 2 is 1.66 bits per heavy atom. The molecule has 3 rings (SSSR count). The molecular formula is C34H52N4O6. The predicted octanol–water partition coefficient (Wildman–Crippen LogP) is 4.11. The van der Waals surface area contributed by atoms with Crippen LogP contribution in [0.5, 0.6) is 0 Å². The van der Waals surface area contributed by atoms with Gasteiger partial charge in [-0.05, 0) is 54.6 Å². The number of rotatable bonds is 12. The molecule has 1 unspecified atom stereocenters. The molecule has 0 aromatic heterocycles. The lowest BCUT2D eigenvalue weighted by Gasteiger charge is -2.32. The number of alkyl carbamates (subject to hydrolysis) is 1. The zero-order valence-corrected chi connectivity index (χ0v) is 27.4. The van der Waals surface area contributed by atoms with Gasteiger partial charge < -0.3 is 25.6 Å². The highest BCUT2D eigenvalue weighted by Gasteiger charge is 2.43. The number of carbonyl (C=O) groups excluding carboxylic acids is 5. The molecule has 1 aliphatic carbocycles. The zero-order chi connectivity index (χ0) is 32.9. The molecule has 4 amide bonds. The van der Waals surface area contributed by atoms with Crippen LogP contribution in [0.4, 0.5) is 4.79 Å². The van der Waals surface area contributed by atoms with Gasteiger partial charge in [-0.15, -0.1) is 6.58 Å². The summed E-state index contributed by atoms with van der Waals surface area (Å²) in [6.45, 7) is 16.1. The number of Topliss-reactive ketones (excluding diaryl/α,β-unsaturated/α-hetero) is 1. The maximum absolute atomic E-state index is 14.0. The molecule has 0 saturated carbocycles. The summed E-state index contributed by atoms with van der Waals surface area (Å²) in [6.07, 6.45) is 5.15. The molecule has 244 valence electrons. The van der Waals surface area contributed by atoms with Crippen LogP contribution < -0.4 is 16.0 Å². The average Bonchev–Trinajstić information content (AvgIpc) is 3.64.